The molecule has 2 N–H and O–H groups in total. The highest BCUT2D eigenvalue weighted by atomic mass is 79.9. The number of carbonyl (C=O) groups is 2. The van der Waals surface area contributed by atoms with E-state index < -0.39 is 11.7 Å². The quantitative estimate of drug-likeness (QED) is 0.490. The molecule has 1 aromatic heterocycles. The molecule has 32 heavy (non-hydrogen) atoms. The summed E-state index contributed by atoms with van der Waals surface area (Å²) < 4.78 is 21.2. The van der Waals surface area contributed by atoms with Gasteiger partial charge in [0, 0.05) is 23.9 Å². The van der Waals surface area contributed by atoms with Crippen molar-refractivity contribution in [2.75, 3.05) is 5.32 Å². The van der Waals surface area contributed by atoms with E-state index in [1.807, 2.05) is 0 Å². The molecule has 0 aliphatic heterocycles. The van der Waals surface area contributed by atoms with Crippen LogP contribution in [0.3, 0.4) is 0 Å². The van der Waals surface area contributed by atoms with Gasteiger partial charge in [-0.3, -0.25) is 9.48 Å². The Bertz CT molecular complexity index is 1110. The van der Waals surface area contributed by atoms with E-state index in [9.17, 15) is 14.0 Å². The summed E-state index contributed by atoms with van der Waals surface area (Å²) in [6, 6.07) is 13.3. The third kappa shape index (κ3) is 6.65. The molecular formula is C23H24BrFN4O3. The van der Waals surface area contributed by atoms with Crippen LogP contribution in [0.2, 0.25) is 0 Å². The molecular weight excluding hydrogens is 479 g/mol. The Morgan fingerprint density at radius 1 is 1.12 bits per heavy atom. The zero-order chi connectivity index (χ0) is 23.3. The lowest BCUT2D eigenvalue weighted by Crippen LogP contribution is -2.32. The number of benzene rings is 2. The van der Waals surface area contributed by atoms with Crippen LogP contribution in [-0.4, -0.2) is 27.4 Å². The minimum absolute atomic E-state index is 0.237. The van der Waals surface area contributed by atoms with E-state index in [-0.39, 0.29) is 24.8 Å². The lowest BCUT2D eigenvalue weighted by Gasteiger charge is -2.19. The van der Waals surface area contributed by atoms with Crippen LogP contribution in [0, 0.1) is 5.82 Å². The fourth-order valence-electron chi connectivity index (χ4n) is 2.81. The number of amides is 2. The van der Waals surface area contributed by atoms with E-state index in [4.69, 9.17) is 4.74 Å². The van der Waals surface area contributed by atoms with Crippen LogP contribution in [0.5, 0.6) is 0 Å². The molecule has 0 radical (unpaired) electrons. The van der Waals surface area contributed by atoms with Crippen LogP contribution in [0.1, 0.15) is 42.3 Å². The van der Waals surface area contributed by atoms with E-state index in [1.165, 1.54) is 6.07 Å². The summed E-state index contributed by atoms with van der Waals surface area (Å²) >= 11 is 3.37. The summed E-state index contributed by atoms with van der Waals surface area (Å²) in [7, 11) is 0. The first-order valence-electron chi connectivity index (χ1n) is 9.94. The number of anilines is 1. The number of alkyl carbamates (subject to hydrolysis) is 1. The molecule has 1 heterocycles. The van der Waals surface area contributed by atoms with Gasteiger partial charge in [0.15, 0.2) is 5.82 Å². The molecule has 3 rings (SSSR count). The second-order valence-electron chi connectivity index (χ2n) is 8.12. The Kier molecular flexibility index (Phi) is 7.29. The summed E-state index contributed by atoms with van der Waals surface area (Å²) in [5, 5.41) is 9.73. The molecule has 0 bridgehead atoms. The van der Waals surface area contributed by atoms with Gasteiger partial charge in [-0.1, -0.05) is 30.3 Å². The van der Waals surface area contributed by atoms with Crippen molar-refractivity contribution >= 4 is 33.7 Å². The number of rotatable bonds is 6. The highest BCUT2D eigenvalue weighted by Crippen LogP contribution is 2.22. The fourth-order valence-corrected chi connectivity index (χ4v) is 3.22. The number of halogens is 2. The van der Waals surface area contributed by atoms with Crippen LogP contribution in [0.25, 0.3) is 0 Å². The fraction of sp³-hybridized carbons (Fsp3) is 0.261. The van der Waals surface area contributed by atoms with Gasteiger partial charge in [0.1, 0.15) is 11.4 Å². The third-order valence-electron chi connectivity index (χ3n) is 4.29. The van der Waals surface area contributed by atoms with Crippen molar-refractivity contribution in [2.45, 2.75) is 39.5 Å². The largest absolute Gasteiger partial charge is 0.444 e. The van der Waals surface area contributed by atoms with Crippen LogP contribution < -0.4 is 10.6 Å². The first kappa shape index (κ1) is 23.5. The minimum Gasteiger partial charge on any atom is -0.444 e. The number of nitrogens with one attached hydrogen (secondary N) is 2. The van der Waals surface area contributed by atoms with Crippen molar-refractivity contribution in [1.29, 1.82) is 0 Å². The van der Waals surface area contributed by atoms with E-state index in [0.717, 1.165) is 5.56 Å². The average Bonchev–Trinajstić information content (AvgIpc) is 3.06. The van der Waals surface area contributed by atoms with Gasteiger partial charge in [0.05, 0.1) is 11.0 Å². The van der Waals surface area contributed by atoms with Gasteiger partial charge in [-0.25, -0.2) is 9.18 Å². The average molecular weight is 503 g/mol. The smallest absolute Gasteiger partial charge is 0.407 e. The van der Waals surface area contributed by atoms with Crippen molar-refractivity contribution in [3.05, 3.63) is 81.7 Å². The van der Waals surface area contributed by atoms with E-state index in [0.29, 0.717) is 21.4 Å². The standard InChI is InChI=1S/C23H24BrFN4O3/c1-23(2,3)32-22(31)26-12-15-8-10-16(11-9-15)21(30)27-20-18(24)14-29(28-20)13-17-6-4-5-7-19(17)25/h4-11,14H,12-13H2,1-3H3,(H,26,31)(H,27,28,30). The number of aromatic nitrogens is 2. The summed E-state index contributed by atoms with van der Waals surface area (Å²) in [5.41, 5.74) is 1.18. The van der Waals surface area contributed by atoms with Crippen molar-refractivity contribution in [2.24, 2.45) is 0 Å². The second kappa shape index (κ2) is 9.95. The van der Waals surface area contributed by atoms with E-state index in [2.05, 4.69) is 31.7 Å². The maximum atomic E-state index is 13.9. The molecule has 0 aliphatic rings. The molecule has 2 amide bonds. The number of hydrogen-bond acceptors (Lipinski definition) is 4. The lowest BCUT2D eigenvalue weighted by molar-refractivity contribution is 0.0523. The Hall–Kier alpha value is -3.20. The Balaban J connectivity index is 1.58. The molecule has 0 unspecified atom stereocenters. The maximum Gasteiger partial charge on any atom is 0.407 e. The van der Waals surface area contributed by atoms with Gasteiger partial charge in [-0.15, -0.1) is 0 Å². The zero-order valence-corrected chi connectivity index (χ0v) is 19.6. The number of nitrogens with zero attached hydrogens (tertiary/aromatic N) is 2. The van der Waals surface area contributed by atoms with Crippen LogP contribution in [0.4, 0.5) is 15.0 Å². The SMILES string of the molecule is CC(C)(C)OC(=O)NCc1ccc(C(=O)Nc2nn(Cc3ccccc3F)cc2Br)cc1. The lowest BCUT2D eigenvalue weighted by atomic mass is 10.1. The van der Waals surface area contributed by atoms with Gasteiger partial charge in [-0.05, 0) is 60.5 Å². The molecule has 0 spiro atoms. The number of carbonyl (C=O) groups excluding carboxylic acids is 2. The molecule has 2 aromatic carbocycles. The summed E-state index contributed by atoms with van der Waals surface area (Å²) in [6.45, 7) is 5.90. The van der Waals surface area contributed by atoms with Crippen LogP contribution >= 0.6 is 15.9 Å². The molecule has 3 aromatic rings. The normalized spacial score (nSPS) is 11.2. The zero-order valence-electron chi connectivity index (χ0n) is 18.0. The Morgan fingerprint density at radius 2 is 1.81 bits per heavy atom. The van der Waals surface area contributed by atoms with E-state index >= 15 is 0 Å². The molecule has 0 saturated carbocycles. The molecule has 0 fully saturated rings. The first-order valence-corrected chi connectivity index (χ1v) is 10.7. The topological polar surface area (TPSA) is 85.2 Å². The summed E-state index contributed by atoms with van der Waals surface area (Å²) in [5.74, 6) is -0.318. The van der Waals surface area contributed by atoms with E-state index in [1.54, 1.807) is 74.1 Å². The summed E-state index contributed by atoms with van der Waals surface area (Å²) in [4.78, 5) is 24.3. The molecule has 7 nitrogen and oxygen atoms in total. The van der Waals surface area contributed by atoms with Crippen molar-refractivity contribution in [3.8, 4) is 0 Å². The van der Waals surface area contributed by atoms with Crippen LogP contribution in [0.15, 0.2) is 59.2 Å². The molecule has 0 atom stereocenters. The highest BCUT2D eigenvalue weighted by Gasteiger charge is 2.16. The summed E-state index contributed by atoms with van der Waals surface area (Å²) in [6.07, 6.45) is 1.17. The van der Waals surface area contributed by atoms with Gasteiger partial charge < -0.3 is 15.4 Å². The van der Waals surface area contributed by atoms with Crippen molar-refractivity contribution < 1.29 is 18.7 Å². The van der Waals surface area contributed by atoms with Gasteiger partial charge in [0.25, 0.3) is 5.91 Å². The molecule has 0 saturated heterocycles. The van der Waals surface area contributed by atoms with Gasteiger partial charge in [0.2, 0.25) is 0 Å². The number of ether oxygens (including phenoxy) is 1. The predicted octanol–water partition coefficient (Wildman–Crippen LogP) is 5.11. The number of hydrogen-bond donors (Lipinski definition) is 2. The maximum absolute atomic E-state index is 13.9. The monoisotopic (exact) mass is 502 g/mol. The van der Waals surface area contributed by atoms with Crippen LogP contribution in [-0.2, 0) is 17.8 Å². The second-order valence-corrected chi connectivity index (χ2v) is 8.98. The molecule has 9 heteroatoms. The highest BCUT2D eigenvalue weighted by molar-refractivity contribution is 9.10. The predicted molar refractivity (Wildman–Crippen MR) is 123 cm³/mol. The van der Waals surface area contributed by atoms with Gasteiger partial charge in [-0.2, -0.15) is 5.10 Å². The third-order valence-corrected chi connectivity index (χ3v) is 4.87. The van der Waals surface area contributed by atoms with Crippen molar-refractivity contribution in [1.82, 2.24) is 15.1 Å². The first-order chi connectivity index (χ1) is 15.1. The minimum atomic E-state index is -0.567. The van der Waals surface area contributed by atoms with Crippen molar-refractivity contribution in [3.63, 3.8) is 0 Å². The molecule has 0 aliphatic carbocycles. The molecule has 168 valence electrons. The van der Waals surface area contributed by atoms with Gasteiger partial charge >= 0.3 is 6.09 Å². The Morgan fingerprint density at radius 3 is 2.47 bits per heavy atom. The Labute approximate surface area is 194 Å².